The van der Waals surface area contributed by atoms with Gasteiger partial charge in [0.25, 0.3) is 0 Å². The second-order valence-electron chi connectivity index (χ2n) is 5.01. The van der Waals surface area contributed by atoms with Crippen molar-refractivity contribution in [2.45, 2.75) is 0 Å². The lowest BCUT2D eigenvalue weighted by Gasteiger charge is -2.14. The maximum absolute atomic E-state index is 13.4. The molecular weight excluding hydrogens is 317 g/mol. The number of carbonyl (C=O) groups excluding carboxylic acids is 1. The third-order valence-corrected chi connectivity index (χ3v) is 3.43. The minimum absolute atomic E-state index is 0.143. The predicted molar refractivity (Wildman–Crippen MR) is 83.7 cm³/mol. The third-order valence-electron chi connectivity index (χ3n) is 3.43. The van der Waals surface area contributed by atoms with Crippen LogP contribution in [-0.4, -0.2) is 6.29 Å². The summed E-state index contributed by atoms with van der Waals surface area (Å²) in [5.74, 6) is -4.40. The van der Waals surface area contributed by atoms with Crippen molar-refractivity contribution in [1.82, 2.24) is 0 Å². The fraction of sp³-hybridized carbons (Fsp3) is 0. The molecule has 5 heteroatoms. The Hall–Kier alpha value is -3.08. The van der Waals surface area contributed by atoms with Gasteiger partial charge in [0, 0.05) is 17.7 Å². The van der Waals surface area contributed by atoms with Gasteiger partial charge in [-0.3, -0.25) is 4.79 Å². The highest BCUT2D eigenvalue weighted by Crippen LogP contribution is 2.36. The molecule has 3 rings (SSSR count). The summed E-state index contributed by atoms with van der Waals surface area (Å²) in [6, 6.07) is 15.4. The van der Waals surface area contributed by atoms with Crippen LogP contribution in [0.4, 0.5) is 13.2 Å². The molecule has 0 aromatic heterocycles. The van der Waals surface area contributed by atoms with Crippen LogP contribution in [0.1, 0.15) is 10.4 Å². The number of hydrogen-bond acceptors (Lipinski definition) is 2. The lowest BCUT2D eigenvalue weighted by molar-refractivity contribution is 0.112. The molecule has 0 aliphatic rings. The van der Waals surface area contributed by atoms with Crippen molar-refractivity contribution in [3.8, 4) is 22.6 Å². The van der Waals surface area contributed by atoms with Gasteiger partial charge in [-0.1, -0.05) is 42.5 Å². The highest BCUT2D eigenvalue weighted by molar-refractivity contribution is 5.86. The zero-order valence-electron chi connectivity index (χ0n) is 12.3. The first kappa shape index (κ1) is 15.8. The summed E-state index contributed by atoms with van der Waals surface area (Å²) in [6.07, 6.45) is 0.581. The number of aldehydes is 1. The Labute approximate surface area is 136 Å². The van der Waals surface area contributed by atoms with Gasteiger partial charge >= 0.3 is 0 Å². The quantitative estimate of drug-likeness (QED) is 0.475. The average molecular weight is 328 g/mol. The number of hydrogen-bond donors (Lipinski definition) is 0. The van der Waals surface area contributed by atoms with E-state index in [1.807, 2.05) is 30.3 Å². The number of halogens is 3. The van der Waals surface area contributed by atoms with E-state index in [0.29, 0.717) is 11.8 Å². The molecule has 3 aromatic carbocycles. The van der Waals surface area contributed by atoms with Crippen molar-refractivity contribution < 1.29 is 22.7 Å². The molecule has 0 aliphatic carbocycles. The molecule has 0 saturated carbocycles. The molecular formula is C19H11F3O2. The Morgan fingerprint density at radius 3 is 2.12 bits per heavy atom. The highest BCUT2D eigenvalue weighted by Gasteiger charge is 2.16. The Bertz CT molecular complexity index is 869. The predicted octanol–water partition coefficient (Wildman–Crippen LogP) is 5.38. The van der Waals surface area contributed by atoms with Crippen LogP contribution in [0.15, 0.2) is 60.7 Å². The van der Waals surface area contributed by atoms with E-state index in [0.717, 1.165) is 17.7 Å². The number of para-hydroxylation sites is 1. The first-order valence-corrected chi connectivity index (χ1v) is 7.06. The summed E-state index contributed by atoms with van der Waals surface area (Å²) in [7, 11) is 0. The van der Waals surface area contributed by atoms with E-state index in [4.69, 9.17) is 4.74 Å². The SMILES string of the molecule is O=Cc1cccc(-c2ccccc2)c1Oc1cc(F)c(F)c(F)c1. The van der Waals surface area contributed by atoms with Gasteiger partial charge in [0.2, 0.25) is 0 Å². The first-order chi connectivity index (χ1) is 11.6. The van der Waals surface area contributed by atoms with Crippen molar-refractivity contribution in [1.29, 1.82) is 0 Å². The average Bonchev–Trinajstić information content (AvgIpc) is 2.60. The van der Waals surface area contributed by atoms with Crippen LogP contribution in [0.3, 0.4) is 0 Å². The van der Waals surface area contributed by atoms with Crippen LogP contribution in [-0.2, 0) is 0 Å². The van der Waals surface area contributed by atoms with Gasteiger partial charge in [-0.05, 0) is 11.6 Å². The number of rotatable bonds is 4. The molecule has 120 valence electrons. The van der Waals surface area contributed by atoms with E-state index in [-0.39, 0.29) is 17.1 Å². The topological polar surface area (TPSA) is 26.3 Å². The molecule has 24 heavy (non-hydrogen) atoms. The van der Waals surface area contributed by atoms with Gasteiger partial charge in [-0.25, -0.2) is 13.2 Å². The minimum Gasteiger partial charge on any atom is -0.456 e. The fourth-order valence-corrected chi connectivity index (χ4v) is 2.32. The zero-order chi connectivity index (χ0) is 17.1. The van der Waals surface area contributed by atoms with Crippen molar-refractivity contribution in [3.05, 3.63) is 83.7 Å². The van der Waals surface area contributed by atoms with Gasteiger partial charge in [0.1, 0.15) is 11.5 Å². The summed E-state index contributed by atoms with van der Waals surface area (Å²) in [6.45, 7) is 0. The zero-order valence-corrected chi connectivity index (χ0v) is 12.3. The maximum Gasteiger partial charge on any atom is 0.194 e. The fourth-order valence-electron chi connectivity index (χ4n) is 2.32. The van der Waals surface area contributed by atoms with Gasteiger partial charge in [0.15, 0.2) is 23.7 Å². The molecule has 0 spiro atoms. The van der Waals surface area contributed by atoms with E-state index < -0.39 is 17.5 Å². The smallest absolute Gasteiger partial charge is 0.194 e. The van der Waals surface area contributed by atoms with E-state index in [9.17, 15) is 18.0 Å². The maximum atomic E-state index is 13.4. The molecule has 0 saturated heterocycles. The molecule has 2 nitrogen and oxygen atoms in total. The normalized spacial score (nSPS) is 10.5. The summed E-state index contributed by atoms with van der Waals surface area (Å²) in [5.41, 5.74) is 1.55. The monoisotopic (exact) mass is 328 g/mol. The standard InChI is InChI=1S/C19H11F3O2/c20-16-9-14(10-17(21)18(16)22)24-19-13(11-23)7-4-8-15(19)12-5-2-1-3-6-12/h1-11H. The van der Waals surface area contributed by atoms with Crippen molar-refractivity contribution in [3.63, 3.8) is 0 Å². The summed E-state index contributed by atoms with van der Waals surface area (Å²) in [5, 5.41) is 0. The number of carbonyl (C=O) groups is 1. The Morgan fingerprint density at radius 2 is 1.50 bits per heavy atom. The minimum atomic E-state index is -1.57. The van der Waals surface area contributed by atoms with Crippen LogP contribution in [0.2, 0.25) is 0 Å². The second kappa shape index (κ2) is 6.58. The van der Waals surface area contributed by atoms with Gasteiger partial charge in [-0.2, -0.15) is 0 Å². The third kappa shape index (κ3) is 3.01. The summed E-state index contributed by atoms with van der Waals surface area (Å²) >= 11 is 0. The van der Waals surface area contributed by atoms with Crippen LogP contribution in [0.25, 0.3) is 11.1 Å². The van der Waals surface area contributed by atoms with Crippen LogP contribution < -0.4 is 4.74 Å². The molecule has 0 unspecified atom stereocenters. The van der Waals surface area contributed by atoms with Gasteiger partial charge in [-0.15, -0.1) is 0 Å². The number of ether oxygens (including phenoxy) is 1. The van der Waals surface area contributed by atoms with E-state index in [2.05, 4.69) is 0 Å². The number of benzene rings is 3. The molecule has 0 heterocycles. The Balaban J connectivity index is 2.12. The lowest BCUT2D eigenvalue weighted by Crippen LogP contribution is -1.97. The van der Waals surface area contributed by atoms with E-state index in [1.54, 1.807) is 12.1 Å². The largest absolute Gasteiger partial charge is 0.456 e. The van der Waals surface area contributed by atoms with Crippen molar-refractivity contribution >= 4 is 6.29 Å². The molecule has 0 bridgehead atoms. The molecule has 0 fully saturated rings. The molecule has 3 aromatic rings. The first-order valence-electron chi connectivity index (χ1n) is 7.06. The second-order valence-corrected chi connectivity index (χ2v) is 5.01. The Kier molecular flexibility index (Phi) is 4.33. The molecule has 0 radical (unpaired) electrons. The molecule has 0 amide bonds. The van der Waals surface area contributed by atoms with Crippen molar-refractivity contribution in [2.24, 2.45) is 0 Å². The molecule has 0 N–H and O–H groups in total. The van der Waals surface area contributed by atoms with E-state index in [1.165, 1.54) is 6.07 Å². The van der Waals surface area contributed by atoms with Crippen LogP contribution in [0, 0.1) is 17.5 Å². The van der Waals surface area contributed by atoms with E-state index >= 15 is 0 Å². The summed E-state index contributed by atoms with van der Waals surface area (Å²) < 4.78 is 45.4. The van der Waals surface area contributed by atoms with Gasteiger partial charge < -0.3 is 4.74 Å². The van der Waals surface area contributed by atoms with Crippen molar-refractivity contribution in [2.75, 3.05) is 0 Å². The van der Waals surface area contributed by atoms with Gasteiger partial charge in [0.05, 0.1) is 5.56 Å². The molecule has 0 aliphatic heterocycles. The van der Waals surface area contributed by atoms with Crippen LogP contribution >= 0.6 is 0 Å². The lowest BCUT2D eigenvalue weighted by atomic mass is 10.0. The summed E-state index contributed by atoms with van der Waals surface area (Å²) in [4.78, 5) is 11.3. The van der Waals surface area contributed by atoms with Crippen LogP contribution in [0.5, 0.6) is 11.5 Å². The highest BCUT2D eigenvalue weighted by atomic mass is 19.2. The Morgan fingerprint density at radius 1 is 0.833 bits per heavy atom. The molecule has 0 atom stereocenters.